The summed E-state index contributed by atoms with van der Waals surface area (Å²) in [6.07, 6.45) is 1.78. The van der Waals surface area contributed by atoms with E-state index in [1.165, 1.54) is 11.8 Å². The molecule has 2 heterocycles. The molecule has 0 bridgehead atoms. The summed E-state index contributed by atoms with van der Waals surface area (Å²) in [6, 6.07) is 24.8. The van der Waals surface area contributed by atoms with Gasteiger partial charge in [-0.2, -0.15) is 0 Å². The van der Waals surface area contributed by atoms with Crippen molar-refractivity contribution in [1.82, 2.24) is 19.7 Å². The number of Topliss-reactive ketones (excluding diaryl/α,β-unsaturated/α-hetero) is 1. The fraction of sp³-hybridized carbons (Fsp3) is 0.115. The number of rotatable bonds is 8. The second kappa shape index (κ2) is 9.75. The second-order valence-corrected chi connectivity index (χ2v) is 9.18. The van der Waals surface area contributed by atoms with Gasteiger partial charge in [-0.15, -0.1) is 10.2 Å². The van der Waals surface area contributed by atoms with E-state index in [1.807, 2.05) is 78.3 Å². The summed E-state index contributed by atoms with van der Waals surface area (Å²) >= 11 is 7.56. The largest absolute Gasteiger partial charge is 0.484 e. The number of aromatic amines is 1. The summed E-state index contributed by atoms with van der Waals surface area (Å²) in [5, 5.41) is 10.2. The number of para-hydroxylation sites is 2. The van der Waals surface area contributed by atoms with Crippen molar-refractivity contribution >= 4 is 40.0 Å². The Labute approximate surface area is 205 Å². The Kier molecular flexibility index (Phi) is 6.38. The normalized spacial score (nSPS) is 12.1. The highest BCUT2D eigenvalue weighted by atomic mass is 35.5. The van der Waals surface area contributed by atoms with Gasteiger partial charge >= 0.3 is 0 Å². The number of carbonyl (C=O) groups excluding carboxylic acids is 1. The molecule has 1 N–H and O–H groups in total. The predicted octanol–water partition coefficient (Wildman–Crippen LogP) is 6.25. The van der Waals surface area contributed by atoms with Gasteiger partial charge in [0.25, 0.3) is 0 Å². The van der Waals surface area contributed by atoms with Crippen molar-refractivity contribution in [2.24, 2.45) is 7.05 Å². The van der Waals surface area contributed by atoms with Gasteiger partial charge in [0.15, 0.2) is 16.8 Å². The average Bonchev–Trinajstić information content (AvgIpc) is 3.45. The number of nitrogens with one attached hydrogen (secondary N) is 1. The standard InChI is InChI=1S/C26H21ClN4O2S/c1-31-23(16-33-22-14-8-6-12-20(22)27)29-30-26(31)34-25(17-9-3-2-4-10-17)24(32)19-15-28-21-13-7-5-11-18(19)21/h2-15,25,28H,16H2,1H3. The molecule has 0 fully saturated rings. The van der Waals surface area contributed by atoms with Crippen molar-refractivity contribution in [3.05, 3.63) is 107 Å². The molecule has 0 aliphatic heterocycles. The molecule has 0 aliphatic carbocycles. The molecule has 0 radical (unpaired) electrons. The zero-order chi connectivity index (χ0) is 23.5. The molecule has 6 nitrogen and oxygen atoms in total. The highest BCUT2D eigenvalue weighted by molar-refractivity contribution is 8.00. The van der Waals surface area contributed by atoms with Gasteiger partial charge in [0.1, 0.15) is 17.6 Å². The highest BCUT2D eigenvalue weighted by Gasteiger charge is 2.27. The summed E-state index contributed by atoms with van der Waals surface area (Å²) in [5.41, 5.74) is 2.49. The van der Waals surface area contributed by atoms with Gasteiger partial charge in [-0.3, -0.25) is 4.79 Å². The third kappa shape index (κ3) is 4.44. The number of carbonyl (C=O) groups is 1. The number of fused-ring (bicyclic) bond motifs is 1. The van der Waals surface area contributed by atoms with Crippen LogP contribution in [-0.4, -0.2) is 25.5 Å². The number of ether oxygens (including phenoxy) is 1. The van der Waals surface area contributed by atoms with Gasteiger partial charge in [-0.05, 0) is 23.8 Å². The first-order chi connectivity index (χ1) is 16.6. The van der Waals surface area contributed by atoms with Crippen LogP contribution >= 0.6 is 23.4 Å². The number of hydrogen-bond donors (Lipinski definition) is 1. The molecule has 8 heteroatoms. The van der Waals surface area contributed by atoms with Crippen LogP contribution in [0, 0.1) is 0 Å². The molecule has 2 aromatic heterocycles. The molecule has 0 saturated heterocycles. The smallest absolute Gasteiger partial charge is 0.192 e. The maximum absolute atomic E-state index is 13.8. The first kappa shape index (κ1) is 22.3. The Morgan fingerprint density at radius 3 is 2.59 bits per heavy atom. The van der Waals surface area contributed by atoms with E-state index >= 15 is 0 Å². The number of halogens is 1. The minimum atomic E-state index is -0.486. The fourth-order valence-electron chi connectivity index (χ4n) is 3.70. The Hall–Kier alpha value is -3.55. The maximum atomic E-state index is 13.8. The summed E-state index contributed by atoms with van der Waals surface area (Å²) in [5.74, 6) is 1.22. The molecule has 1 atom stereocenters. The molecular weight excluding hydrogens is 468 g/mol. The zero-order valence-corrected chi connectivity index (χ0v) is 19.9. The van der Waals surface area contributed by atoms with E-state index in [1.54, 1.807) is 18.3 Å². The summed E-state index contributed by atoms with van der Waals surface area (Å²) in [6.45, 7) is 0.209. The second-order valence-electron chi connectivity index (χ2n) is 7.70. The molecule has 170 valence electrons. The molecule has 0 aliphatic rings. The molecule has 3 aromatic carbocycles. The summed E-state index contributed by atoms with van der Waals surface area (Å²) in [4.78, 5) is 17.0. The monoisotopic (exact) mass is 488 g/mol. The van der Waals surface area contributed by atoms with E-state index in [2.05, 4.69) is 15.2 Å². The maximum Gasteiger partial charge on any atom is 0.192 e. The Balaban J connectivity index is 1.42. The zero-order valence-electron chi connectivity index (χ0n) is 18.3. The van der Waals surface area contributed by atoms with Crippen LogP contribution in [0.2, 0.25) is 5.02 Å². The SMILES string of the molecule is Cn1c(COc2ccccc2Cl)nnc1SC(C(=O)c1c[nH]c2ccccc12)c1ccccc1. The van der Waals surface area contributed by atoms with E-state index in [0.717, 1.165) is 16.5 Å². The molecule has 0 spiro atoms. The molecule has 5 rings (SSSR count). The van der Waals surface area contributed by atoms with Crippen LogP contribution in [0.5, 0.6) is 5.75 Å². The number of ketones is 1. The first-order valence-corrected chi connectivity index (χ1v) is 11.9. The van der Waals surface area contributed by atoms with E-state index in [-0.39, 0.29) is 12.4 Å². The Morgan fingerprint density at radius 1 is 1.03 bits per heavy atom. The lowest BCUT2D eigenvalue weighted by Gasteiger charge is -2.15. The Morgan fingerprint density at radius 2 is 1.76 bits per heavy atom. The first-order valence-electron chi connectivity index (χ1n) is 10.7. The third-order valence-electron chi connectivity index (χ3n) is 5.54. The lowest BCUT2D eigenvalue weighted by Crippen LogP contribution is -2.11. The molecule has 0 amide bonds. The van der Waals surface area contributed by atoms with Gasteiger partial charge in [-0.1, -0.05) is 84.0 Å². The van der Waals surface area contributed by atoms with E-state index in [9.17, 15) is 4.79 Å². The number of H-pyrrole nitrogens is 1. The lowest BCUT2D eigenvalue weighted by atomic mass is 10.0. The van der Waals surface area contributed by atoms with Crippen molar-refractivity contribution in [2.75, 3.05) is 0 Å². The predicted molar refractivity (Wildman–Crippen MR) is 134 cm³/mol. The van der Waals surface area contributed by atoms with E-state index in [4.69, 9.17) is 16.3 Å². The highest BCUT2D eigenvalue weighted by Crippen LogP contribution is 2.38. The third-order valence-corrected chi connectivity index (χ3v) is 7.14. The topological polar surface area (TPSA) is 72.8 Å². The van der Waals surface area contributed by atoms with Gasteiger partial charge < -0.3 is 14.3 Å². The molecular formula is C26H21ClN4O2S. The molecule has 0 saturated carbocycles. The minimum Gasteiger partial charge on any atom is -0.484 e. The summed E-state index contributed by atoms with van der Waals surface area (Å²) < 4.78 is 7.67. The quantitative estimate of drug-likeness (QED) is 0.206. The van der Waals surface area contributed by atoms with Crippen LogP contribution in [0.25, 0.3) is 10.9 Å². The van der Waals surface area contributed by atoms with Crippen LogP contribution in [-0.2, 0) is 13.7 Å². The lowest BCUT2D eigenvalue weighted by molar-refractivity contribution is 0.0991. The van der Waals surface area contributed by atoms with Crippen molar-refractivity contribution in [2.45, 2.75) is 17.0 Å². The van der Waals surface area contributed by atoms with Crippen LogP contribution in [0.15, 0.2) is 90.2 Å². The minimum absolute atomic E-state index is 0.00511. The van der Waals surface area contributed by atoms with Crippen LogP contribution < -0.4 is 4.74 Å². The average molecular weight is 489 g/mol. The Bertz CT molecular complexity index is 1450. The van der Waals surface area contributed by atoms with Gasteiger partial charge in [0.2, 0.25) is 0 Å². The van der Waals surface area contributed by atoms with Gasteiger partial charge in [0.05, 0.1) is 5.02 Å². The van der Waals surface area contributed by atoms with Crippen LogP contribution in [0.4, 0.5) is 0 Å². The van der Waals surface area contributed by atoms with Crippen molar-refractivity contribution in [1.29, 1.82) is 0 Å². The molecule has 34 heavy (non-hydrogen) atoms. The van der Waals surface area contributed by atoms with Gasteiger partial charge in [0, 0.05) is 29.7 Å². The van der Waals surface area contributed by atoms with Crippen LogP contribution in [0.3, 0.4) is 0 Å². The van der Waals surface area contributed by atoms with Crippen molar-refractivity contribution in [3.8, 4) is 5.75 Å². The van der Waals surface area contributed by atoms with Crippen LogP contribution in [0.1, 0.15) is 27.0 Å². The molecule has 5 aromatic rings. The van der Waals surface area contributed by atoms with Crippen molar-refractivity contribution < 1.29 is 9.53 Å². The summed E-state index contributed by atoms with van der Waals surface area (Å²) in [7, 11) is 1.87. The van der Waals surface area contributed by atoms with Gasteiger partial charge in [-0.25, -0.2) is 0 Å². The van der Waals surface area contributed by atoms with E-state index in [0.29, 0.717) is 27.3 Å². The number of aromatic nitrogens is 4. The van der Waals surface area contributed by atoms with E-state index < -0.39 is 5.25 Å². The number of benzene rings is 3. The number of hydrogen-bond acceptors (Lipinski definition) is 5. The van der Waals surface area contributed by atoms with Crippen molar-refractivity contribution in [3.63, 3.8) is 0 Å². The fourth-order valence-corrected chi connectivity index (χ4v) is 4.98. The number of thioether (sulfide) groups is 1. The molecule has 1 unspecified atom stereocenters. The number of nitrogens with zero attached hydrogens (tertiary/aromatic N) is 3.